The summed E-state index contributed by atoms with van der Waals surface area (Å²) < 4.78 is 52.6. The fraction of sp³-hybridized carbons (Fsp3) is 0.500. The van der Waals surface area contributed by atoms with Gasteiger partial charge in [0.05, 0.1) is 0 Å². The molecule has 1 N–H and O–H groups in total. The molecule has 1 saturated carbocycles. The maximum Gasteiger partial charge on any atom is 0.243 e. The Morgan fingerprint density at radius 1 is 1.32 bits per heavy atom. The first-order valence-corrected chi connectivity index (χ1v) is 8.50. The lowest BCUT2D eigenvalue weighted by Crippen LogP contribution is -2.31. The lowest BCUT2D eigenvalue weighted by Gasteiger charge is -2.15. The summed E-state index contributed by atoms with van der Waals surface area (Å²) in [4.78, 5) is -0.511. The van der Waals surface area contributed by atoms with Gasteiger partial charge in [-0.2, -0.15) is 0 Å². The third kappa shape index (κ3) is 3.52. The Morgan fingerprint density at radius 3 is 2.53 bits per heavy atom. The van der Waals surface area contributed by atoms with Crippen LogP contribution in [0.4, 0.5) is 8.78 Å². The summed E-state index contributed by atoms with van der Waals surface area (Å²) in [5.74, 6) is -1.87. The Hall–Kier alpha value is -0.530. The molecule has 0 heterocycles. The molecule has 3 nitrogen and oxygen atoms in total. The van der Waals surface area contributed by atoms with Crippen molar-refractivity contribution >= 4 is 26.0 Å². The van der Waals surface area contributed by atoms with Crippen molar-refractivity contribution in [1.29, 1.82) is 0 Å². The molecule has 1 aliphatic rings. The molecule has 1 aromatic carbocycles. The summed E-state index contributed by atoms with van der Waals surface area (Å²) in [6.45, 7) is 0.289. The van der Waals surface area contributed by atoms with Crippen LogP contribution in [0.5, 0.6) is 0 Å². The van der Waals surface area contributed by atoms with Crippen LogP contribution in [-0.4, -0.2) is 20.3 Å². The van der Waals surface area contributed by atoms with Gasteiger partial charge in [-0.25, -0.2) is 21.9 Å². The number of rotatable bonds is 6. The molecule has 0 aliphatic heterocycles. The third-order valence-electron chi connectivity index (χ3n) is 3.40. The van der Waals surface area contributed by atoms with E-state index in [4.69, 9.17) is 0 Å². The van der Waals surface area contributed by atoms with Gasteiger partial charge >= 0.3 is 0 Å². The van der Waals surface area contributed by atoms with Crippen molar-refractivity contribution < 1.29 is 17.2 Å². The van der Waals surface area contributed by atoms with Crippen molar-refractivity contribution in [3.63, 3.8) is 0 Å². The molecule has 0 bridgehead atoms. The van der Waals surface area contributed by atoms with Crippen LogP contribution in [0.2, 0.25) is 0 Å². The SMILES string of the molecule is O=S(=O)(NCC1(CCBr)CC1)c1ccc(F)cc1F. The van der Waals surface area contributed by atoms with Gasteiger partial charge in [-0.15, -0.1) is 0 Å². The topological polar surface area (TPSA) is 46.2 Å². The molecule has 0 amide bonds. The van der Waals surface area contributed by atoms with E-state index in [2.05, 4.69) is 20.7 Å². The van der Waals surface area contributed by atoms with Crippen molar-refractivity contribution in [1.82, 2.24) is 4.72 Å². The number of alkyl halides is 1. The average molecular weight is 354 g/mol. The first-order chi connectivity index (χ1) is 8.88. The summed E-state index contributed by atoms with van der Waals surface area (Å²) >= 11 is 3.33. The lowest BCUT2D eigenvalue weighted by molar-refractivity contribution is 0.477. The highest BCUT2D eigenvalue weighted by atomic mass is 79.9. The number of nitrogens with one attached hydrogen (secondary N) is 1. The molecule has 0 aromatic heterocycles. The Labute approximate surface area is 119 Å². The Balaban J connectivity index is 2.10. The maximum atomic E-state index is 13.5. The zero-order valence-electron chi connectivity index (χ0n) is 10.1. The van der Waals surface area contributed by atoms with Gasteiger partial charge in [0, 0.05) is 17.9 Å². The number of sulfonamides is 1. The lowest BCUT2D eigenvalue weighted by atomic mass is 10.1. The van der Waals surface area contributed by atoms with Crippen LogP contribution in [-0.2, 0) is 10.0 Å². The van der Waals surface area contributed by atoms with Gasteiger partial charge < -0.3 is 0 Å². The van der Waals surface area contributed by atoms with E-state index < -0.39 is 26.6 Å². The van der Waals surface area contributed by atoms with E-state index in [0.29, 0.717) is 6.07 Å². The highest BCUT2D eigenvalue weighted by molar-refractivity contribution is 9.09. The molecule has 106 valence electrons. The Morgan fingerprint density at radius 2 is 2.00 bits per heavy atom. The molecule has 0 saturated heterocycles. The summed E-state index contributed by atoms with van der Waals surface area (Å²) in [5.41, 5.74) is -0.00687. The number of benzene rings is 1. The van der Waals surface area contributed by atoms with Gasteiger partial charge in [-0.3, -0.25) is 0 Å². The van der Waals surface area contributed by atoms with Crippen molar-refractivity contribution in [2.45, 2.75) is 24.2 Å². The minimum absolute atomic E-state index is 0.00687. The zero-order valence-corrected chi connectivity index (χ0v) is 12.5. The minimum Gasteiger partial charge on any atom is -0.211 e. The summed E-state index contributed by atoms with van der Waals surface area (Å²) in [7, 11) is -3.93. The molecule has 0 atom stereocenters. The second kappa shape index (κ2) is 5.46. The standard InChI is InChI=1S/C12H14BrF2NO2S/c13-6-5-12(3-4-12)8-16-19(17,18)11-2-1-9(14)7-10(11)15/h1-2,7,16H,3-6,8H2. The highest BCUT2D eigenvalue weighted by Gasteiger charge is 2.42. The van der Waals surface area contributed by atoms with Crippen molar-refractivity contribution in [3.8, 4) is 0 Å². The van der Waals surface area contributed by atoms with Crippen molar-refractivity contribution in [2.75, 3.05) is 11.9 Å². The zero-order chi connectivity index (χ0) is 14.1. The van der Waals surface area contributed by atoms with Crippen LogP contribution >= 0.6 is 15.9 Å². The van der Waals surface area contributed by atoms with E-state index in [1.54, 1.807) is 0 Å². The molecule has 1 aromatic rings. The second-order valence-corrected chi connectivity index (χ2v) is 7.37. The van der Waals surface area contributed by atoms with Crippen LogP contribution < -0.4 is 4.72 Å². The molecule has 0 radical (unpaired) electrons. The molecular weight excluding hydrogens is 340 g/mol. The first-order valence-electron chi connectivity index (χ1n) is 5.89. The van der Waals surface area contributed by atoms with Crippen LogP contribution in [0, 0.1) is 17.0 Å². The van der Waals surface area contributed by atoms with Gasteiger partial charge in [0.2, 0.25) is 10.0 Å². The molecule has 7 heteroatoms. The van der Waals surface area contributed by atoms with E-state index in [1.807, 2.05) is 0 Å². The van der Waals surface area contributed by atoms with E-state index in [-0.39, 0.29) is 12.0 Å². The van der Waals surface area contributed by atoms with E-state index in [0.717, 1.165) is 36.7 Å². The van der Waals surface area contributed by atoms with Crippen LogP contribution in [0.1, 0.15) is 19.3 Å². The average Bonchev–Trinajstić information content (AvgIpc) is 3.07. The molecule has 2 rings (SSSR count). The Kier molecular flexibility index (Phi) is 4.27. The maximum absolute atomic E-state index is 13.5. The van der Waals surface area contributed by atoms with Gasteiger partial charge in [0.1, 0.15) is 16.5 Å². The second-order valence-electron chi connectivity index (χ2n) is 4.84. The van der Waals surface area contributed by atoms with Gasteiger partial charge in [-0.05, 0) is 36.8 Å². The number of halogens is 3. The van der Waals surface area contributed by atoms with Crippen molar-refractivity contribution in [2.24, 2.45) is 5.41 Å². The molecule has 0 unspecified atom stereocenters. The predicted molar refractivity (Wildman–Crippen MR) is 71.6 cm³/mol. The van der Waals surface area contributed by atoms with Crippen LogP contribution in [0.3, 0.4) is 0 Å². The van der Waals surface area contributed by atoms with Gasteiger partial charge in [0.25, 0.3) is 0 Å². The van der Waals surface area contributed by atoms with Crippen molar-refractivity contribution in [3.05, 3.63) is 29.8 Å². The van der Waals surface area contributed by atoms with Gasteiger partial charge in [0.15, 0.2) is 0 Å². The van der Waals surface area contributed by atoms with E-state index in [9.17, 15) is 17.2 Å². The van der Waals surface area contributed by atoms with Crippen LogP contribution in [0.15, 0.2) is 23.1 Å². The van der Waals surface area contributed by atoms with Crippen LogP contribution in [0.25, 0.3) is 0 Å². The minimum atomic E-state index is -3.93. The Bertz CT molecular complexity index is 573. The molecule has 1 fully saturated rings. The predicted octanol–water partition coefficient (Wildman–Crippen LogP) is 2.81. The fourth-order valence-electron chi connectivity index (χ4n) is 1.91. The largest absolute Gasteiger partial charge is 0.243 e. The molecule has 0 spiro atoms. The molecule has 1 aliphatic carbocycles. The van der Waals surface area contributed by atoms with Gasteiger partial charge in [-0.1, -0.05) is 15.9 Å². The summed E-state index contributed by atoms with van der Waals surface area (Å²) in [6.07, 6.45) is 2.81. The smallest absolute Gasteiger partial charge is 0.211 e. The summed E-state index contributed by atoms with van der Waals surface area (Å²) in [5, 5.41) is 0.805. The third-order valence-corrected chi connectivity index (χ3v) is 5.23. The monoisotopic (exact) mass is 353 g/mol. The normalized spacial score (nSPS) is 17.4. The first kappa shape index (κ1) is 14.9. The quantitative estimate of drug-likeness (QED) is 0.799. The van der Waals surface area contributed by atoms with E-state index in [1.165, 1.54) is 0 Å². The number of hydrogen-bond donors (Lipinski definition) is 1. The fourth-order valence-corrected chi connectivity index (χ4v) is 3.97. The van der Waals surface area contributed by atoms with E-state index >= 15 is 0 Å². The summed E-state index contributed by atoms with van der Waals surface area (Å²) in [6, 6.07) is 2.44. The molecular formula is C12H14BrF2NO2S. The highest BCUT2D eigenvalue weighted by Crippen LogP contribution is 2.48. The number of hydrogen-bond acceptors (Lipinski definition) is 2. The molecule has 19 heavy (non-hydrogen) atoms.